The van der Waals surface area contributed by atoms with Crippen LogP contribution in [-0.2, 0) is 0 Å². The zero-order valence-corrected chi connectivity index (χ0v) is 5.31. The minimum absolute atomic E-state index is 0.193. The lowest BCUT2D eigenvalue weighted by molar-refractivity contribution is -0.0580. The van der Waals surface area contributed by atoms with E-state index in [9.17, 15) is 13.2 Å². The molecule has 6 heteroatoms. The Labute approximate surface area is 57.0 Å². The van der Waals surface area contributed by atoms with E-state index in [0.717, 1.165) is 7.28 Å². The van der Waals surface area contributed by atoms with E-state index < -0.39 is 11.8 Å². The maximum Gasteiger partial charge on any atom is 0.423 e. The lowest BCUT2D eigenvalue weighted by Crippen LogP contribution is -2.28. The molecule has 0 rings (SSSR count). The second-order valence-electron chi connectivity index (χ2n) is 1.60. The number of alkyl halides is 3. The Morgan fingerprint density at radius 1 is 1.60 bits per heavy atom. The molecular weight excluding hydrogens is 146 g/mol. The number of nitrogens with zero attached hydrogens (tertiary/aromatic N) is 1. The van der Waals surface area contributed by atoms with Gasteiger partial charge in [0.2, 0.25) is 0 Å². The van der Waals surface area contributed by atoms with Gasteiger partial charge in [0, 0.05) is 0 Å². The normalized spacial score (nSPS) is 13.4. The highest BCUT2D eigenvalue weighted by Gasteiger charge is 2.35. The summed E-state index contributed by atoms with van der Waals surface area (Å²) in [7, 11) is 0.806. The highest BCUT2D eigenvalue weighted by Crippen LogP contribution is 2.16. The molecule has 10 heavy (non-hydrogen) atoms. The van der Waals surface area contributed by atoms with Gasteiger partial charge in [0.05, 0.1) is 0 Å². The maximum absolute atomic E-state index is 11.6. The topological polar surface area (TPSA) is 32.6 Å². The van der Waals surface area contributed by atoms with E-state index >= 15 is 0 Å². The highest BCUT2D eigenvalue weighted by atomic mass is 19.4. The molecule has 0 aliphatic rings. The average molecular weight is 152 g/mol. The molecule has 0 atom stereocenters. The van der Waals surface area contributed by atoms with E-state index in [4.69, 9.17) is 5.21 Å². The van der Waals surface area contributed by atoms with Crippen LogP contribution in [0.15, 0.2) is 5.16 Å². The van der Waals surface area contributed by atoms with Crippen LogP contribution in [0.5, 0.6) is 0 Å². The van der Waals surface area contributed by atoms with Gasteiger partial charge in [-0.15, -0.1) is 5.16 Å². The zero-order valence-electron chi connectivity index (χ0n) is 5.31. The molecule has 0 fully saturated rings. The molecule has 0 aromatic carbocycles. The summed E-state index contributed by atoms with van der Waals surface area (Å²) >= 11 is 0. The van der Waals surface area contributed by atoms with E-state index in [2.05, 4.69) is 5.16 Å². The summed E-state index contributed by atoms with van der Waals surface area (Å²) in [4.78, 5) is 0. The molecule has 0 spiro atoms. The fourth-order valence-corrected chi connectivity index (χ4v) is 0.407. The molecule has 0 heterocycles. The molecule has 0 aromatic rings. The van der Waals surface area contributed by atoms with Crippen molar-refractivity contribution in [3.63, 3.8) is 0 Å². The average Bonchev–Trinajstić information content (AvgIpc) is 1.80. The van der Waals surface area contributed by atoms with Gasteiger partial charge in [0.15, 0.2) is 7.28 Å². The smallest absolute Gasteiger partial charge is 0.411 e. The molecule has 1 N–H and O–H groups in total. The molecule has 0 amide bonds. The van der Waals surface area contributed by atoms with Crippen molar-refractivity contribution in [3.8, 4) is 0 Å². The Kier molecular flexibility index (Phi) is 3.25. The SMILES string of the molecule is CC[B]/C(=N\O)C(F)(F)F. The predicted octanol–water partition coefficient (Wildman–Crippen LogP) is 1.48. The predicted molar refractivity (Wildman–Crippen MR) is 31.5 cm³/mol. The van der Waals surface area contributed by atoms with Crippen LogP contribution in [0.3, 0.4) is 0 Å². The molecule has 57 valence electrons. The first-order chi connectivity index (χ1) is 4.52. The first kappa shape index (κ1) is 9.32. The third kappa shape index (κ3) is 2.75. The van der Waals surface area contributed by atoms with Gasteiger partial charge in [-0.25, -0.2) is 0 Å². The van der Waals surface area contributed by atoms with Crippen molar-refractivity contribution >= 4 is 12.9 Å². The maximum atomic E-state index is 11.6. The van der Waals surface area contributed by atoms with E-state index in [0.29, 0.717) is 0 Å². The Morgan fingerprint density at radius 3 is 2.20 bits per heavy atom. The van der Waals surface area contributed by atoms with Gasteiger partial charge in [-0.05, 0) is 0 Å². The first-order valence-electron chi connectivity index (χ1n) is 2.64. The van der Waals surface area contributed by atoms with Crippen molar-refractivity contribution in [1.82, 2.24) is 0 Å². The van der Waals surface area contributed by atoms with Crippen molar-refractivity contribution < 1.29 is 18.4 Å². The minimum atomic E-state index is -4.54. The Balaban J connectivity index is 4.10. The van der Waals surface area contributed by atoms with E-state index in [-0.39, 0.29) is 6.32 Å². The van der Waals surface area contributed by atoms with Crippen LogP contribution in [0.1, 0.15) is 6.92 Å². The summed E-state index contributed by atoms with van der Waals surface area (Å²) in [5, 5.41) is 9.91. The highest BCUT2D eigenvalue weighted by molar-refractivity contribution is 6.76. The number of hydrogen-bond donors (Lipinski definition) is 1. The molecule has 0 saturated carbocycles. The molecular formula is C4H6BF3NO. The summed E-state index contributed by atoms with van der Waals surface area (Å²) in [6.07, 6.45) is -4.34. The lowest BCUT2D eigenvalue weighted by atomic mass is 9.69. The number of hydrogen-bond acceptors (Lipinski definition) is 2. The molecule has 0 saturated heterocycles. The summed E-state index contributed by atoms with van der Waals surface area (Å²) in [5.41, 5.74) is -1.24. The molecule has 0 bridgehead atoms. The van der Waals surface area contributed by atoms with E-state index in [1.807, 2.05) is 0 Å². The van der Waals surface area contributed by atoms with Crippen LogP contribution in [-0.4, -0.2) is 24.3 Å². The largest absolute Gasteiger partial charge is 0.423 e. The Bertz CT molecular complexity index is 133. The Morgan fingerprint density at radius 2 is 2.10 bits per heavy atom. The van der Waals surface area contributed by atoms with Crippen LogP contribution >= 0.6 is 0 Å². The van der Waals surface area contributed by atoms with Crippen LogP contribution in [0, 0.1) is 0 Å². The Hall–Kier alpha value is -0.675. The standard InChI is InChI=1S/C4H6BF3NO/c1-2-5-3(9-10)4(6,7)8/h10H,2H2,1H3/b9-3-. The van der Waals surface area contributed by atoms with Crippen LogP contribution in [0.2, 0.25) is 6.32 Å². The molecule has 0 aliphatic carbocycles. The number of rotatable bonds is 2. The summed E-state index contributed by atoms with van der Waals surface area (Å²) in [6.45, 7) is 1.52. The summed E-state index contributed by atoms with van der Waals surface area (Å²) in [6, 6.07) is 0. The fourth-order valence-electron chi connectivity index (χ4n) is 0.407. The van der Waals surface area contributed by atoms with Crippen molar-refractivity contribution in [2.75, 3.05) is 0 Å². The second kappa shape index (κ2) is 3.48. The van der Waals surface area contributed by atoms with Gasteiger partial charge in [-0.1, -0.05) is 13.2 Å². The zero-order chi connectivity index (χ0) is 8.20. The van der Waals surface area contributed by atoms with Crippen molar-refractivity contribution in [2.24, 2.45) is 5.16 Å². The third-order valence-corrected chi connectivity index (χ3v) is 0.796. The molecule has 0 aliphatic heterocycles. The quantitative estimate of drug-likeness (QED) is 0.276. The van der Waals surface area contributed by atoms with E-state index in [1.165, 1.54) is 6.92 Å². The van der Waals surface area contributed by atoms with Crippen LogP contribution in [0.25, 0.3) is 0 Å². The third-order valence-electron chi connectivity index (χ3n) is 0.796. The van der Waals surface area contributed by atoms with Gasteiger partial charge >= 0.3 is 6.18 Å². The number of halogens is 3. The summed E-state index contributed by atoms with van der Waals surface area (Å²) < 4.78 is 34.8. The van der Waals surface area contributed by atoms with Gasteiger partial charge in [0.1, 0.15) is 5.61 Å². The minimum Gasteiger partial charge on any atom is -0.411 e. The molecule has 2 nitrogen and oxygen atoms in total. The fraction of sp³-hybridized carbons (Fsp3) is 0.750. The van der Waals surface area contributed by atoms with Crippen molar-refractivity contribution in [3.05, 3.63) is 0 Å². The molecule has 0 unspecified atom stereocenters. The number of oxime groups is 1. The van der Waals surface area contributed by atoms with E-state index in [1.54, 1.807) is 0 Å². The monoisotopic (exact) mass is 152 g/mol. The van der Waals surface area contributed by atoms with Crippen molar-refractivity contribution in [2.45, 2.75) is 19.4 Å². The second-order valence-corrected chi connectivity index (χ2v) is 1.60. The van der Waals surface area contributed by atoms with Gasteiger partial charge in [-0.2, -0.15) is 13.2 Å². The van der Waals surface area contributed by atoms with Gasteiger partial charge in [-0.3, -0.25) is 0 Å². The first-order valence-corrected chi connectivity index (χ1v) is 2.64. The van der Waals surface area contributed by atoms with Gasteiger partial charge < -0.3 is 5.21 Å². The van der Waals surface area contributed by atoms with Crippen molar-refractivity contribution in [1.29, 1.82) is 0 Å². The van der Waals surface area contributed by atoms with Crippen LogP contribution in [0.4, 0.5) is 13.2 Å². The van der Waals surface area contributed by atoms with Crippen LogP contribution < -0.4 is 0 Å². The molecule has 0 aromatic heterocycles. The lowest BCUT2D eigenvalue weighted by Gasteiger charge is -2.05. The molecule has 1 radical (unpaired) electrons. The van der Waals surface area contributed by atoms with Gasteiger partial charge in [0.25, 0.3) is 0 Å². The summed E-state index contributed by atoms with van der Waals surface area (Å²) in [5.74, 6) is 0.